The van der Waals surface area contributed by atoms with Gasteiger partial charge < -0.3 is 14.8 Å². The van der Waals surface area contributed by atoms with E-state index in [9.17, 15) is 35.2 Å². The number of hydrogen-bond acceptors (Lipinski definition) is 6. The highest BCUT2D eigenvalue weighted by Gasteiger charge is 2.61. The Morgan fingerprint density at radius 2 is 1.97 bits per heavy atom. The average Bonchev–Trinajstić information content (AvgIpc) is 3.24. The van der Waals surface area contributed by atoms with Crippen LogP contribution >= 0.6 is 0 Å². The average molecular weight is 497 g/mol. The SMILES string of the molecule is COc1c([C@@H]2C[C@](C)(C(F)(F)F)O[C@H]2C(=O)Nc2cn(S(C)(=O)=O)nc2C)ccc(F)c1F. The Labute approximate surface area is 185 Å². The van der Waals surface area contributed by atoms with E-state index in [1.54, 1.807) is 0 Å². The lowest BCUT2D eigenvalue weighted by atomic mass is 9.85. The van der Waals surface area contributed by atoms with Gasteiger partial charge in [0.05, 0.1) is 30.9 Å². The monoisotopic (exact) mass is 497 g/mol. The van der Waals surface area contributed by atoms with Gasteiger partial charge in [-0.1, -0.05) is 6.07 Å². The van der Waals surface area contributed by atoms with E-state index < -0.39 is 63.5 Å². The van der Waals surface area contributed by atoms with Crippen LogP contribution in [-0.2, 0) is 19.6 Å². The largest absolute Gasteiger partial charge is 0.493 e. The molecule has 3 atom stereocenters. The number of alkyl halides is 3. The van der Waals surface area contributed by atoms with E-state index in [1.165, 1.54) is 6.92 Å². The van der Waals surface area contributed by atoms with Gasteiger partial charge in [-0.3, -0.25) is 4.79 Å². The van der Waals surface area contributed by atoms with Crippen molar-refractivity contribution in [2.45, 2.75) is 44.1 Å². The number of amides is 1. The smallest absolute Gasteiger partial charge is 0.417 e. The molecule has 0 radical (unpaired) electrons. The molecule has 1 aromatic heterocycles. The van der Waals surface area contributed by atoms with Crippen LogP contribution in [0.1, 0.15) is 30.5 Å². The molecule has 1 aliphatic rings. The molecule has 1 amide bonds. The summed E-state index contributed by atoms with van der Waals surface area (Å²) < 4.78 is 103. The number of rotatable bonds is 5. The number of halogens is 5. The van der Waals surface area contributed by atoms with Crippen LogP contribution < -0.4 is 10.1 Å². The number of carbonyl (C=O) groups is 1. The Morgan fingerprint density at radius 1 is 1.33 bits per heavy atom. The fraction of sp³-hybridized carbons (Fsp3) is 0.474. The molecule has 0 spiro atoms. The van der Waals surface area contributed by atoms with E-state index in [0.29, 0.717) is 10.2 Å². The van der Waals surface area contributed by atoms with Crippen molar-refractivity contribution in [1.29, 1.82) is 0 Å². The number of anilines is 1. The summed E-state index contributed by atoms with van der Waals surface area (Å²) in [5.41, 5.74) is -2.97. The summed E-state index contributed by atoms with van der Waals surface area (Å²) >= 11 is 0. The van der Waals surface area contributed by atoms with Crippen LogP contribution in [0.5, 0.6) is 5.75 Å². The van der Waals surface area contributed by atoms with E-state index in [2.05, 4.69) is 10.4 Å². The fourth-order valence-corrected chi connectivity index (χ4v) is 4.17. The van der Waals surface area contributed by atoms with E-state index in [1.807, 2.05) is 0 Å². The Morgan fingerprint density at radius 3 is 2.48 bits per heavy atom. The van der Waals surface area contributed by atoms with E-state index >= 15 is 0 Å². The molecule has 1 fully saturated rings. The van der Waals surface area contributed by atoms with Crippen molar-refractivity contribution in [1.82, 2.24) is 9.19 Å². The van der Waals surface area contributed by atoms with Gasteiger partial charge in [-0.05, 0) is 26.3 Å². The van der Waals surface area contributed by atoms with Crippen LogP contribution in [0.2, 0.25) is 0 Å². The van der Waals surface area contributed by atoms with Crippen molar-refractivity contribution >= 4 is 21.6 Å². The summed E-state index contributed by atoms with van der Waals surface area (Å²) in [4.78, 5) is 13.0. The van der Waals surface area contributed by atoms with Crippen LogP contribution in [0, 0.1) is 18.6 Å². The number of hydrogen-bond donors (Lipinski definition) is 1. The molecule has 2 heterocycles. The van der Waals surface area contributed by atoms with Crippen molar-refractivity contribution in [3.05, 3.63) is 41.2 Å². The van der Waals surface area contributed by atoms with Gasteiger partial charge >= 0.3 is 6.18 Å². The van der Waals surface area contributed by atoms with E-state index in [0.717, 1.165) is 32.6 Å². The lowest BCUT2D eigenvalue weighted by Gasteiger charge is -2.27. The quantitative estimate of drug-likeness (QED) is 0.638. The third-order valence-corrected chi connectivity index (χ3v) is 6.25. The molecule has 182 valence electrons. The maximum Gasteiger partial charge on any atom is 0.417 e. The van der Waals surface area contributed by atoms with Crippen LogP contribution in [0.25, 0.3) is 0 Å². The summed E-state index contributed by atoms with van der Waals surface area (Å²) in [6.45, 7) is 2.12. The Balaban J connectivity index is 2.03. The van der Waals surface area contributed by atoms with Crippen molar-refractivity contribution < 1.29 is 44.6 Å². The lowest BCUT2D eigenvalue weighted by molar-refractivity contribution is -0.261. The summed E-state index contributed by atoms with van der Waals surface area (Å²) in [6, 6.07) is 1.74. The maximum absolute atomic E-state index is 14.3. The van der Waals surface area contributed by atoms with E-state index in [4.69, 9.17) is 9.47 Å². The van der Waals surface area contributed by atoms with Gasteiger partial charge in [0, 0.05) is 11.5 Å². The minimum Gasteiger partial charge on any atom is -0.493 e. The van der Waals surface area contributed by atoms with Crippen molar-refractivity contribution in [2.24, 2.45) is 0 Å². The van der Waals surface area contributed by atoms with Gasteiger partial charge in [-0.2, -0.15) is 26.7 Å². The van der Waals surface area contributed by atoms with Crippen LogP contribution in [-0.4, -0.2) is 54.8 Å². The predicted octanol–water partition coefficient (Wildman–Crippen LogP) is 3.12. The molecule has 0 aliphatic carbocycles. The molecular weight excluding hydrogens is 477 g/mol. The Hall–Kier alpha value is -2.74. The molecule has 1 aromatic carbocycles. The molecule has 33 heavy (non-hydrogen) atoms. The third kappa shape index (κ3) is 4.53. The second-order valence-electron chi connectivity index (χ2n) is 7.81. The van der Waals surface area contributed by atoms with E-state index in [-0.39, 0.29) is 16.9 Å². The molecule has 1 N–H and O–H groups in total. The zero-order valence-corrected chi connectivity index (χ0v) is 18.6. The Bertz CT molecular complexity index is 1200. The number of benzene rings is 1. The number of aryl methyl sites for hydroxylation is 1. The molecule has 3 rings (SSSR count). The summed E-state index contributed by atoms with van der Waals surface area (Å²) in [7, 11) is -2.78. The molecule has 0 bridgehead atoms. The molecule has 2 aromatic rings. The number of carbonyl (C=O) groups excluding carboxylic acids is 1. The summed E-state index contributed by atoms with van der Waals surface area (Å²) in [5.74, 6) is -5.77. The summed E-state index contributed by atoms with van der Waals surface area (Å²) in [5, 5.41) is 6.05. The number of aromatic nitrogens is 2. The molecule has 1 aliphatic heterocycles. The highest BCUT2D eigenvalue weighted by Crippen LogP contribution is 2.51. The topological polar surface area (TPSA) is 99.5 Å². The second-order valence-corrected chi connectivity index (χ2v) is 9.65. The van der Waals surface area contributed by atoms with Gasteiger partial charge in [-0.25, -0.2) is 12.8 Å². The summed E-state index contributed by atoms with van der Waals surface area (Å²) in [6.07, 6.45) is -5.61. The Kier molecular flexibility index (Phi) is 6.21. The number of ether oxygens (including phenoxy) is 2. The van der Waals surface area contributed by atoms with Crippen molar-refractivity contribution in [2.75, 3.05) is 18.7 Å². The zero-order valence-electron chi connectivity index (χ0n) is 17.8. The minimum atomic E-state index is -4.89. The number of methoxy groups -OCH3 is 1. The first-order valence-electron chi connectivity index (χ1n) is 9.43. The normalized spacial score (nSPS) is 23.5. The molecule has 8 nitrogen and oxygen atoms in total. The first-order valence-corrected chi connectivity index (χ1v) is 11.3. The predicted molar refractivity (Wildman–Crippen MR) is 105 cm³/mol. The van der Waals surface area contributed by atoms with Crippen molar-refractivity contribution in [3.63, 3.8) is 0 Å². The number of nitrogens with one attached hydrogen (secondary N) is 1. The standard InChI is InChI=1S/C19H20F5N3O5S/c1-9-13(8-27(26-9)33(4,29)30)25-17(28)16-11(7-18(2,32-16)19(22,23)24)10-5-6-12(20)14(21)15(10)31-3/h5-6,8,11,16H,7H2,1-4H3,(H,25,28)/t11-,16+,18+/m0/s1. The fourth-order valence-electron chi connectivity index (χ4n) is 3.61. The van der Waals surface area contributed by atoms with Gasteiger partial charge in [0.25, 0.3) is 15.9 Å². The zero-order chi connectivity index (χ0) is 24.9. The van der Waals surface area contributed by atoms with Gasteiger partial charge in [0.1, 0.15) is 6.10 Å². The molecule has 0 unspecified atom stereocenters. The second kappa shape index (κ2) is 8.24. The van der Waals surface area contributed by atoms with Crippen LogP contribution in [0.4, 0.5) is 27.6 Å². The first-order chi connectivity index (χ1) is 15.1. The van der Waals surface area contributed by atoms with Crippen LogP contribution in [0.3, 0.4) is 0 Å². The highest BCUT2D eigenvalue weighted by atomic mass is 32.2. The molecule has 1 saturated heterocycles. The van der Waals surface area contributed by atoms with Gasteiger partial charge in [0.2, 0.25) is 5.82 Å². The lowest BCUT2D eigenvalue weighted by Crippen LogP contribution is -2.43. The van der Waals surface area contributed by atoms with Gasteiger partial charge in [0.15, 0.2) is 17.2 Å². The molecular formula is C19H20F5N3O5S. The maximum atomic E-state index is 14.3. The van der Waals surface area contributed by atoms with Gasteiger partial charge in [-0.15, -0.1) is 0 Å². The molecule has 0 saturated carbocycles. The first kappa shape index (κ1) is 24.9. The van der Waals surface area contributed by atoms with Crippen LogP contribution in [0.15, 0.2) is 18.3 Å². The minimum absolute atomic E-state index is 0.0762. The molecule has 14 heteroatoms. The van der Waals surface area contributed by atoms with Crippen molar-refractivity contribution in [3.8, 4) is 5.75 Å². The third-order valence-electron chi connectivity index (χ3n) is 5.38. The number of nitrogens with zero attached hydrogens (tertiary/aromatic N) is 2. The highest BCUT2D eigenvalue weighted by molar-refractivity contribution is 7.89.